The van der Waals surface area contributed by atoms with Gasteiger partial charge in [0.15, 0.2) is 0 Å². The van der Waals surface area contributed by atoms with E-state index in [9.17, 15) is 9.59 Å². The maximum absolute atomic E-state index is 13.0. The van der Waals surface area contributed by atoms with E-state index in [1.54, 1.807) is 6.20 Å². The van der Waals surface area contributed by atoms with E-state index in [4.69, 9.17) is 4.74 Å². The molecule has 1 aliphatic rings. The molecule has 7 nitrogen and oxygen atoms in total. The highest BCUT2D eigenvalue weighted by Crippen LogP contribution is 2.35. The molecule has 2 heterocycles. The number of benzene rings is 2. The van der Waals surface area contributed by atoms with Gasteiger partial charge in [0.25, 0.3) is 0 Å². The normalized spacial score (nSPS) is 18.0. The van der Waals surface area contributed by atoms with Crippen LogP contribution in [0.5, 0.6) is 0 Å². The molecule has 0 unspecified atom stereocenters. The number of anilines is 1. The molecule has 4 rings (SSSR count). The van der Waals surface area contributed by atoms with Crippen molar-refractivity contribution in [3.8, 4) is 0 Å². The second kappa shape index (κ2) is 9.57. The number of nitrogens with zero attached hydrogens (tertiary/aromatic N) is 2. The molecule has 3 aromatic rings. The quantitative estimate of drug-likeness (QED) is 0.617. The highest BCUT2D eigenvalue weighted by atomic mass is 16.5. The number of nitrogens with one attached hydrogen (secondary N) is 2. The van der Waals surface area contributed by atoms with Gasteiger partial charge in [-0.25, -0.2) is 0 Å². The Bertz CT molecular complexity index is 1050. The van der Waals surface area contributed by atoms with Crippen LogP contribution in [0.2, 0.25) is 0 Å². The molecule has 2 N–H and O–H groups in total. The van der Waals surface area contributed by atoms with Crippen LogP contribution in [-0.2, 0) is 27.4 Å². The van der Waals surface area contributed by atoms with Crippen LogP contribution in [-0.4, -0.2) is 28.2 Å². The SMILES string of the molecule is CC(=O)Nc1cccc(CNC(=O)[C@H]2CCO[C@@H]2c2ccnn2Cc2ccccc2)c1. The zero-order valence-electron chi connectivity index (χ0n) is 17.5. The number of hydrogen-bond donors (Lipinski definition) is 2. The highest BCUT2D eigenvalue weighted by molar-refractivity contribution is 5.88. The Hall–Kier alpha value is -3.45. The van der Waals surface area contributed by atoms with Crippen molar-refractivity contribution in [2.24, 2.45) is 5.92 Å². The lowest BCUT2D eigenvalue weighted by Crippen LogP contribution is -2.32. The van der Waals surface area contributed by atoms with Crippen LogP contribution < -0.4 is 10.6 Å². The zero-order valence-corrected chi connectivity index (χ0v) is 17.5. The average Bonchev–Trinajstić information content (AvgIpc) is 3.42. The fourth-order valence-corrected chi connectivity index (χ4v) is 3.91. The molecule has 0 bridgehead atoms. The summed E-state index contributed by atoms with van der Waals surface area (Å²) in [5.74, 6) is -0.441. The number of hydrogen-bond acceptors (Lipinski definition) is 4. The Kier molecular flexibility index (Phi) is 6.43. The number of aromatic nitrogens is 2. The van der Waals surface area contributed by atoms with Gasteiger partial charge in [-0.2, -0.15) is 5.10 Å². The van der Waals surface area contributed by atoms with E-state index in [0.29, 0.717) is 31.8 Å². The third-order valence-electron chi connectivity index (χ3n) is 5.36. The van der Waals surface area contributed by atoms with Crippen molar-refractivity contribution in [3.05, 3.63) is 83.7 Å². The molecule has 31 heavy (non-hydrogen) atoms. The van der Waals surface area contributed by atoms with Crippen molar-refractivity contribution in [1.29, 1.82) is 0 Å². The van der Waals surface area contributed by atoms with Crippen molar-refractivity contribution >= 4 is 17.5 Å². The third kappa shape index (κ3) is 5.19. The van der Waals surface area contributed by atoms with Crippen molar-refractivity contribution in [2.75, 3.05) is 11.9 Å². The predicted molar refractivity (Wildman–Crippen MR) is 117 cm³/mol. The number of rotatable bonds is 7. The molecule has 160 valence electrons. The van der Waals surface area contributed by atoms with Crippen molar-refractivity contribution in [3.63, 3.8) is 0 Å². The molecule has 1 fully saturated rings. The van der Waals surface area contributed by atoms with E-state index in [-0.39, 0.29) is 23.8 Å². The summed E-state index contributed by atoms with van der Waals surface area (Å²) in [7, 11) is 0. The summed E-state index contributed by atoms with van der Waals surface area (Å²) >= 11 is 0. The number of ether oxygens (including phenoxy) is 1. The van der Waals surface area contributed by atoms with E-state index in [1.807, 2.05) is 53.2 Å². The van der Waals surface area contributed by atoms with Crippen LogP contribution in [0.3, 0.4) is 0 Å². The summed E-state index contributed by atoms with van der Waals surface area (Å²) in [6.07, 6.45) is 2.10. The molecule has 0 saturated carbocycles. The highest BCUT2D eigenvalue weighted by Gasteiger charge is 2.37. The van der Waals surface area contributed by atoms with Crippen LogP contribution in [0.15, 0.2) is 66.9 Å². The third-order valence-corrected chi connectivity index (χ3v) is 5.36. The minimum absolute atomic E-state index is 0.0418. The predicted octanol–water partition coefficient (Wildman–Crippen LogP) is 3.28. The first-order valence-electron chi connectivity index (χ1n) is 10.4. The minimum Gasteiger partial charge on any atom is -0.371 e. The maximum atomic E-state index is 13.0. The Morgan fingerprint density at radius 2 is 1.90 bits per heavy atom. The summed E-state index contributed by atoms with van der Waals surface area (Å²) in [6, 6.07) is 19.5. The van der Waals surface area contributed by atoms with E-state index >= 15 is 0 Å². The smallest absolute Gasteiger partial charge is 0.226 e. The summed E-state index contributed by atoms with van der Waals surface area (Å²) in [5, 5.41) is 10.2. The molecule has 1 saturated heterocycles. The summed E-state index contributed by atoms with van der Waals surface area (Å²) in [5.41, 5.74) is 3.69. The monoisotopic (exact) mass is 418 g/mol. The van der Waals surface area contributed by atoms with Gasteiger partial charge >= 0.3 is 0 Å². The van der Waals surface area contributed by atoms with Gasteiger partial charge in [0, 0.05) is 32.0 Å². The lowest BCUT2D eigenvalue weighted by atomic mass is 9.97. The van der Waals surface area contributed by atoms with Crippen molar-refractivity contribution in [1.82, 2.24) is 15.1 Å². The largest absolute Gasteiger partial charge is 0.371 e. The number of amides is 2. The molecule has 7 heteroatoms. The number of carbonyl (C=O) groups excluding carboxylic acids is 2. The first kappa shape index (κ1) is 20.8. The first-order chi connectivity index (χ1) is 15.1. The molecule has 0 aliphatic carbocycles. The van der Waals surface area contributed by atoms with Crippen LogP contribution in [0.25, 0.3) is 0 Å². The van der Waals surface area contributed by atoms with Gasteiger partial charge in [-0.3, -0.25) is 14.3 Å². The minimum atomic E-state index is -0.322. The van der Waals surface area contributed by atoms with Gasteiger partial charge in [-0.15, -0.1) is 0 Å². The van der Waals surface area contributed by atoms with E-state index in [0.717, 1.165) is 16.8 Å². The fourth-order valence-electron chi connectivity index (χ4n) is 3.91. The van der Waals surface area contributed by atoms with Gasteiger partial charge < -0.3 is 15.4 Å². The molecule has 1 aromatic heterocycles. The molecule has 2 amide bonds. The van der Waals surface area contributed by atoms with Crippen molar-refractivity contribution < 1.29 is 14.3 Å². The average molecular weight is 418 g/mol. The van der Waals surface area contributed by atoms with E-state index in [2.05, 4.69) is 27.9 Å². The van der Waals surface area contributed by atoms with E-state index < -0.39 is 0 Å². The van der Waals surface area contributed by atoms with Gasteiger partial charge in [0.2, 0.25) is 11.8 Å². The number of carbonyl (C=O) groups is 2. The van der Waals surface area contributed by atoms with Crippen molar-refractivity contribution in [2.45, 2.75) is 32.5 Å². The van der Waals surface area contributed by atoms with E-state index in [1.165, 1.54) is 6.92 Å². The summed E-state index contributed by atoms with van der Waals surface area (Å²) < 4.78 is 7.86. The molecular weight excluding hydrogens is 392 g/mol. The molecule has 1 aliphatic heterocycles. The summed E-state index contributed by atoms with van der Waals surface area (Å²) in [4.78, 5) is 24.2. The van der Waals surface area contributed by atoms with Crippen LogP contribution in [0.4, 0.5) is 5.69 Å². The Labute approximate surface area is 181 Å². The second-order valence-corrected chi connectivity index (χ2v) is 7.69. The second-order valence-electron chi connectivity index (χ2n) is 7.69. The Balaban J connectivity index is 1.42. The van der Waals surface area contributed by atoms with Gasteiger partial charge in [0.05, 0.1) is 18.2 Å². The first-order valence-corrected chi connectivity index (χ1v) is 10.4. The molecule has 0 radical (unpaired) electrons. The summed E-state index contributed by atoms with van der Waals surface area (Å²) in [6.45, 7) is 3.03. The van der Waals surface area contributed by atoms with Crippen LogP contribution in [0, 0.1) is 5.92 Å². The van der Waals surface area contributed by atoms with Crippen LogP contribution >= 0.6 is 0 Å². The van der Waals surface area contributed by atoms with Gasteiger partial charge in [-0.1, -0.05) is 42.5 Å². The molecule has 2 aromatic carbocycles. The topological polar surface area (TPSA) is 85.2 Å². The van der Waals surface area contributed by atoms with Gasteiger partial charge in [-0.05, 0) is 35.7 Å². The Morgan fingerprint density at radius 1 is 1.10 bits per heavy atom. The standard InChI is InChI=1S/C24H26N4O3/c1-17(29)27-20-9-5-8-19(14-20)15-25-24(30)21-11-13-31-23(21)22-10-12-26-28(22)16-18-6-3-2-4-7-18/h2-10,12,14,21,23H,11,13,15-16H2,1H3,(H,25,30)(H,27,29)/t21-,23-/m0/s1. The molecule has 0 spiro atoms. The van der Waals surface area contributed by atoms with Gasteiger partial charge in [0.1, 0.15) is 6.10 Å². The molecule has 2 atom stereocenters. The fraction of sp³-hybridized carbons (Fsp3) is 0.292. The molecular formula is C24H26N4O3. The Morgan fingerprint density at radius 3 is 2.71 bits per heavy atom. The lowest BCUT2D eigenvalue weighted by Gasteiger charge is -2.20. The lowest BCUT2D eigenvalue weighted by molar-refractivity contribution is -0.127. The zero-order chi connectivity index (χ0) is 21.6. The maximum Gasteiger partial charge on any atom is 0.226 e. The van der Waals surface area contributed by atoms with Crippen LogP contribution in [0.1, 0.15) is 36.3 Å².